The molecule has 1 saturated heterocycles. The Kier molecular flexibility index (Phi) is 7.73. The van der Waals surface area contributed by atoms with Crippen molar-refractivity contribution in [2.75, 3.05) is 25.4 Å². The van der Waals surface area contributed by atoms with Crippen LogP contribution < -0.4 is 5.32 Å². The van der Waals surface area contributed by atoms with Gasteiger partial charge in [-0.2, -0.15) is 25.3 Å². The maximum absolute atomic E-state index is 11.6. The molecule has 0 saturated carbocycles. The van der Waals surface area contributed by atoms with Gasteiger partial charge in [0, 0.05) is 6.92 Å². The second kappa shape index (κ2) is 8.64. The lowest BCUT2D eigenvalue weighted by Gasteiger charge is -2.43. The number of nitrogens with one attached hydrogen (secondary N) is 1. The van der Waals surface area contributed by atoms with Crippen LogP contribution in [0.3, 0.4) is 0 Å². The summed E-state index contributed by atoms with van der Waals surface area (Å²) in [5.74, 6) is -0.714. The highest BCUT2D eigenvalue weighted by molar-refractivity contribution is 7.86. The largest absolute Gasteiger partial charge is 0.366 e. The standard InChI is InChI=1S/C11H21NO12S3/c1-6(13)12-8-10(24-27(4,19)20)9(23-26(3,17)18)7(22-11(8)14)5-21-25(2,15)16/h7-11,14H,5H2,1-4H3,(H,12,13)/t7-,8-,9-,10-,11-/m1/s1. The lowest BCUT2D eigenvalue weighted by atomic mass is 9.97. The van der Waals surface area contributed by atoms with Gasteiger partial charge in [-0.3, -0.25) is 17.3 Å². The summed E-state index contributed by atoms with van der Waals surface area (Å²) in [5, 5.41) is 12.3. The molecule has 5 atom stereocenters. The van der Waals surface area contributed by atoms with E-state index >= 15 is 0 Å². The molecule has 0 aromatic heterocycles. The first-order valence-electron chi connectivity index (χ1n) is 7.20. The Morgan fingerprint density at radius 2 is 1.44 bits per heavy atom. The topological polar surface area (TPSA) is 189 Å². The van der Waals surface area contributed by atoms with Gasteiger partial charge in [-0.25, -0.2) is 0 Å². The van der Waals surface area contributed by atoms with Gasteiger partial charge in [0.25, 0.3) is 30.4 Å². The van der Waals surface area contributed by atoms with E-state index in [1.165, 1.54) is 0 Å². The molecule has 160 valence electrons. The van der Waals surface area contributed by atoms with Crippen LogP contribution in [-0.4, -0.2) is 92.3 Å². The van der Waals surface area contributed by atoms with Gasteiger partial charge in [-0.1, -0.05) is 0 Å². The molecular formula is C11H21NO12S3. The molecule has 1 amide bonds. The van der Waals surface area contributed by atoms with Crippen LogP contribution in [0, 0.1) is 0 Å². The average molecular weight is 455 g/mol. The molecule has 27 heavy (non-hydrogen) atoms. The highest BCUT2D eigenvalue weighted by Gasteiger charge is 2.50. The Morgan fingerprint density at radius 1 is 0.963 bits per heavy atom. The number of hydrogen-bond donors (Lipinski definition) is 2. The van der Waals surface area contributed by atoms with E-state index in [2.05, 4.69) is 9.50 Å². The van der Waals surface area contributed by atoms with Crippen LogP contribution in [0.5, 0.6) is 0 Å². The number of hydrogen-bond acceptors (Lipinski definition) is 12. The molecule has 1 heterocycles. The Hall–Kier alpha value is -0.880. The fourth-order valence-corrected chi connectivity index (χ4v) is 3.92. The van der Waals surface area contributed by atoms with Crippen molar-refractivity contribution in [1.82, 2.24) is 5.32 Å². The highest BCUT2D eigenvalue weighted by Crippen LogP contribution is 2.28. The van der Waals surface area contributed by atoms with Crippen LogP contribution in [0.15, 0.2) is 0 Å². The molecule has 0 aliphatic carbocycles. The third-order valence-electron chi connectivity index (χ3n) is 3.05. The molecule has 0 spiro atoms. The number of aliphatic hydroxyl groups excluding tert-OH is 1. The van der Waals surface area contributed by atoms with Gasteiger partial charge >= 0.3 is 0 Å². The van der Waals surface area contributed by atoms with E-state index in [1.54, 1.807) is 0 Å². The molecular weight excluding hydrogens is 434 g/mol. The van der Waals surface area contributed by atoms with Crippen molar-refractivity contribution >= 4 is 36.3 Å². The molecule has 1 aliphatic rings. The quantitative estimate of drug-likeness (QED) is 0.351. The molecule has 0 aromatic rings. The molecule has 2 N–H and O–H groups in total. The van der Waals surface area contributed by atoms with Crippen molar-refractivity contribution in [1.29, 1.82) is 0 Å². The lowest BCUT2D eigenvalue weighted by molar-refractivity contribution is -0.241. The first-order chi connectivity index (χ1) is 12.0. The third-order valence-corrected chi connectivity index (χ3v) is 4.76. The molecule has 16 heteroatoms. The van der Waals surface area contributed by atoms with Gasteiger partial charge in [-0.15, -0.1) is 0 Å². The number of carbonyl (C=O) groups is 1. The SMILES string of the molecule is CC(=O)N[C@@H]1[C@@H](OS(C)(=O)=O)[C@H](OS(C)(=O)=O)[C@@H](COS(C)(=O)=O)O[C@H]1O. The van der Waals surface area contributed by atoms with Crippen LogP contribution in [0.4, 0.5) is 0 Å². The van der Waals surface area contributed by atoms with Gasteiger partial charge in [0.1, 0.15) is 24.4 Å². The third kappa shape index (κ3) is 8.77. The fraction of sp³-hybridized carbons (Fsp3) is 0.909. The van der Waals surface area contributed by atoms with Crippen LogP contribution in [0.2, 0.25) is 0 Å². The molecule has 0 unspecified atom stereocenters. The van der Waals surface area contributed by atoms with E-state index in [0.717, 1.165) is 6.92 Å². The van der Waals surface area contributed by atoms with E-state index in [-0.39, 0.29) is 0 Å². The summed E-state index contributed by atoms with van der Waals surface area (Å²) in [6.45, 7) is 0.238. The zero-order valence-electron chi connectivity index (χ0n) is 14.8. The molecule has 0 radical (unpaired) electrons. The van der Waals surface area contributed by atoms with Crippen molar-refractivity contribution in [2.45, 2.75) is 37.6 Å². The van der Waals surface area contributed by atoms with Gasteiger partial charge < -0.3 is 15.2 Å². The molecule has 0 aromatic carbocycles. The van der Waals surface area contributed by atoms with Gasteiger partial charge in [0.15, 0.2) is 6.29 Å². The minimum atomic E-state index is -4.22. The molecule has 1 fully saturated rings. The molecule has 13 nitrogen and oxygen atoms in total. The van der Waals surface area contributed by atoms with Gasteiger partial charge in [0.05, 0.1) is 25.4 Å². The van der Waals surface area contributed by atoms with Crippen LogP contribution in [0.1, 0.15) is 6.92 Å². The highest BCUT2D eigenvalue weighted by atomic mass is 32.2. The predicted molar refractivity (Wildman–Crippen MR) is 88.7 cm³/mol. The molecule has 1 aliphatic heterocycles. The van der Waals surface area contributed by atoms with Crippen LogP contribution >= 0.6 is 0 Å². The van der Waals surface area contributed by atoms with Crippen molar-refractivity contribution in [2.24, 2.45) is 0 Å². The number of aliphatic hydroxyl groups is 1. The summed E-state index contributed by atoms with van der Waals surface area (Å²) < 4.78 is 87.9. The van der Waals surface area contributed by atoms with E-state index in [4.69, 9.17) is 13.1 Å². The molecule has 0 bridgehead atoms. The summed E-state index contributed by atoms with van der Waals surface area (Å²) in [7, 11) is -12.4. The van der Waals surface area contributed by atoms with E-state index in [1.807, 2.05) is 0 Å². The lowest BCUT2D eigenvalue weighted by Crippen LogP contribution is -2.66. The second-order valence-electron chi connectivity index (χ2n) is 5.81. The maximum atomic E-state index is 11.6. The first-order valence-corrected chi connectivity index (χ1v) is 12.6. The van der Waals surface area contributed by atoms with Crippen molar-refractivity contribution in [3.05, 3.63) is 0 Å². The maximum Gasteiger partial charge on any atom is 0.264 e. The van der Waals surface area contributed by atoms with Crippen LogP contribution in [0.25, 0.3) is 0 Å². The van der Waals surface area contributed by atoms with E-state index in [0.29, 0.717) is 18.8 Å². The fourth-order valence-electron chi connectivity index (χ4n) is 2.27. The summed E-state index contributed by atoms with van der Waals surface area (Å²) in [5.41, 5.74) is 0. The van der Waals surface area contributed by atoms with E-state index in [9.17, 15) is 35.2 Å². The zero-order chi connectivity index (χ0) is 21.2. The summed E-state index contributed by atoms with van der Waals surface area (Å²) >= 11 is 0. The summed E-state index contributed by atoms with van der Waals surface area (Å²) in [6, 6.07) is -1.54. The Balaban J connectivity index is 3.34. The van der Waals surface area contributed by atoms with Crippen molar-refractivity contribution < 1.29 is 52.4 Å². The number of carbonyl (C=O) groups excluding carboxylic acids is 1. The molecule has 1 rings (SSSR count). The smallest absolute Gasteiger partial charge is 0.264 e. The minimum absolute atomic E-state index is 0.650. The normalized spacial score (nSPS) is 30.0. The minimum Gasteiger partial charge on any atom is -0.366 e. The van der Waals surface area contributed by atoms with Crippen molar-refractivity contribution in [3.8, 4) is 0 Å². The van der Waals surface area contributed by atoms with E-state index < -0.39 is 73.5 Å². The number of amides is 1. The first kappa shape index (κ1) is 24.2. The van der Waals surface area contributed by atoms with Crippen LogP contribution in [-0.2, 0) is 52.4 Å². The number of rotatable bonds is 8. The predicted octanol–water partition coefficient (Wildman–Crippen LogP) is -3.13. The zero-order valence-corrected chi connectivity index (χ0v) is 17.2. The number of ether oxygens (including phenoxy) is 1. The second-order valence-corrected chi connectivity index (χ2v) is 10.7. The summed E-state index contributed by atoms with van der Waals surface area (Å²) in [6.07, 6.45) is -4.97. The van der Waals surface area contributed by atoms with Gasteiger partial charge in [-0.05, 0) is 0 Å². The average Bonchev–Trinajstić information content (AvgIpc) is 2.40. The Bertz CT molecular complexity index is 849. The Morgan fingerprint density at radius 3 is 1.85 bits per heavy atom. The monoisotopic (exact) mass is 455 g/mol. The van der Waals surface area contributed by atoms with Crippen molar-refractivity contribution in [3.63, 3.8) is 0 Å². The van der Waals surface area contributed by atoms with Gasteiger partial charge in [0.2, 0.25) is 5.91 Å². The summed E-state index contributed by atoms with van der Waals surface area (Å²) in [4.78, 5) is 11.4. The Labute approximate surface area is 157 Å².